The van der Waals surface area contributed by atoms with Crippen molar-refractivity contribution < 1.29 is 27.1 Å². The normalized spacial score (nSPS) is 13.1. The van der Waals surface area contributed by atoms with Crippen molar-refractivity contribution in [1.82, 2.24) is 15.0 Å². The Morgan fingerprint density at radius 2 is 1.84 bits per heavy atom. The quantitative estimate of drug-likeness (QED) is 0.850. The summed E-state index contributed by atoms with van der Waals surface area (Å²) in [7, 11) is 0. The van der Waals surface area contributed by atoms with E-state index in [1.54, 1.807) is 0 Å². The lowest BCUT2D eigenvalue weighted by Gasteiger charge is -2.18. The summed E-state index contributed by atoms with van der Waals surface area (Å²) in [6.07, 6.45) is -6.34. The first-order valence-corrected chi connectivity index (χ1v) is 5.18. The molecule has 0 aliphatic heterocycles. The summed E-state index contributed by atoms with van der Waals surface area (Å²) in [5.41, 5.74) is 0.179. The van der Waals surface area contributed by atoms with Crippen molar-refractivity contribution in [2.45, 2.75) is 24.9 Å². The van der Waals surface area contributed by atoms with E-state index in [2.05, 4.69) is 15.0 Å². The van der Waals surface area contributed by atoms with E-state index in [0.29, 0.717) is 0 Å². The highest BCUT2D eigenvalue weighted by molar-refractivity contribution is 5.80. The van der Waals surface area contributed by atoms with E-state index in [0.717, 1.165) is 0 Å². The van der Waals surface area contributed by atoms with E-state index in [9.17, 15) is 27.1 Å². The first-order valence-electron chi connectivity index (χ1n) is 5.18. The molecule has 2 rings (SSSR count). The third-order valence-corrected chi connectivity index (χ3v) is 2.52. The number of hydrogen-bond acceptors (Lipinski definition) is 3. The van der Waals surface area contributed by atoms with Gasteiger partial charge in [0, 0.05) is 19.0 Å². The Balaban J connectivity index is 2.18. The van der Waals surface area contributed by atoms with Crippen LogP contribution in [-0.4, -0.2) is 32.2 Å². The number of nitrogens with zero attached hydrogens (tertiary/aromatic N) is 2. The van der Waals surface area contributed by atoms with Gasteiger partial charge in [-0.05, 0) is 6.07 Å². The molecule has 0 radical (unpaired) electrons. The maximum Gasteiger partial charge on any atom is 0.453 e. The number of nitrogens with one attached hydrogen (secondary N) is 1. The van der Waals surface area contributed by atoms with Crippen LogP contribution in [-0.2, 0) is 6.42 Å². The molecule has 0 saturated carbocycles. The van der Waals surface area contributed by atoms with Gasteiger partial charge < -0.3 is 10.1 Å². The fraction of sp³-hybridized carbons (Fsp3) is 0.400. The number of aromatic amines is 1. The molecule has 2 aromatic rings. The van der Waals surface area contributed by atoms with Gasteiger partial charge in [0.05, 0.1) is 5.39 Å². The number of aromatic hydroxyl groups is 1. The molecule has 19 heavy (non-hydrogen) atoms. The molecule has 4 nitrogen and oxygen atoms in total. The van der Waals surface area contributed by atoms with Crippen molar-refractivity contribution in [3.05, 3.63) is 18.1 Å². The molecular formula is C10H8F5N3O. The van der Waals surface area contributed by atoms with Gasteiger partial charge in [-0.3, -0.25) is 0 Å². The number of aromatic nitrogens is 3. The second-order valence-corrected chi connectivity index (χ2v) is 3.91. The van der Waals surface area contributed by atoms with Crippen LogP contribution in [0.25, 0.3) is 11.0 Å². The minimum Gasteiger partial charge on any atom is -0.493 e. The van der Waals surface area contributed by atoms with Gasteiger partial charge in [-0.25, -0.2) is 4.98 Å². The molecule has 0 bridgehead atoms. The molecule has 0 spiro atoms. The van der Waals surface area contributed by atoms with Crippen molar-refractivity contribution >= 4 is 11.0 Å². The summed E-state index contributed by atoms with van der Waals surface area (Å²) in [4.78, 5) is 9.84. The molecule has 0 aromatic carbocycles. The number of aryl methyl sites for hydroxylation is 1. The Hall–Kier alpha value is -1.93. The van der Waals surface area contributed by atoms with Gasteiger partial charge in [-0.1, -0.05) is 0 Å². The third kappa shape index (κ3) is 2.59. The largest absolute Gasteiger partial charge is 0.493 e. The van der Waals surface area contributed by atoms with Crippen LogP contribution < -0.4 is 0 Å². The lowest BCUT2D eigenvalue weighted by atomic mass is 10.1. The van der Waals surface area contributed by atoms with E-state index in [1.807, 2.05) is 0 Å². The van der Waals surface area contributed by atoms with Gasteiger partial charge in [0.25, 0.3) is 0 Å². The van der Waals surface area contributed by atoms with E-state index in [1.165, 1.54) is 12.3 Å². The molecule has 0 fully saturated rings. The molecular weight excluding hydrogens is 273 g/mol. The minimum atomic E-state index is -5.61. The molecule has 0 saturated heterocycles. The van der Waals surface area contributed by atoms with Gasteiger partial charge in [0.1, 0.15) is 11.5 Å². The smallest absolute Gasteiger partial charge is 0.453 e. The zero-order chi connectivity index (χ0) is 14.3. The Kier molecular flexibility index (Phi) is 3.07. The van der Waals surface area contributed by atoms with E-state index < -0.39 is 30.8 Å². The lowest BCUT2D eigenvalue weighted by Crippen LogP contribution is -2.36. The monoisotopic (exact) mass is 281 g/mol. The number of rotatable bonds is 3. The Morgan fingerprint density at radius 1 is 1.16 bits per heavy atom. The van der Waals surface area contributed by atoms with Crippen LogP contribution >= 0.6 is 0 Å². The minimum absolute atomic E-state index is 0.179. The predicted octanol–water partition coefficient (Wildman–Crippen LogP) is 2.79. The standard InChI is InChI=1S/C10H8F5N3O/c11-9(12,10(13,14)15)3-1-6-17-7-5(2-4-16-7)8(19)18-6/h2,4H,1,3H2,(H2,16,17,18,19). The van der Waals surface area contributed by atoms with Crippen LogP contribution in [0.4, 0.5) is 22.0 Å². The number of H-pyrrole nitrogens is 1. The zero-order valence-corrected chi connectivity index (χ0v) is 9.30. The van der Waals surface area contributed by atoms with E-state index in [-0.39, 0.29) is 16.9 Å². The Labute approximate surface area is 103 Å². The van der Waals surface area contributed by atoms with Gasteiger partial charge in [-0.15, -0.1) is 0 Å². The molecule has 0 amide bonds. The SMILES string of the molecule is Oc1nc(CCC(F)(F)C(F)(F)F)nc2[nH]ccc12. The number of alkyl halides is 5. The summed E-state index contributed by atoms with van der Waals surface area (Å²) >= 11 is 0. The molecule has 104 valence electrons. The Bertz CT molecular complexity index is 592. The molecule has 2 aromatic heterocycles. The predicted molar refractivity (Wildman–Crippen MR) is 54.9 cm³/mol. The fourth-order valence-corrected chi connectivity index (χ4v) is 1.49. The van der Waals surface area contributed by atoms with Crippen molar-refractivity contribution in [2.24, 2.45) is 0 Å². The number of hydrogen-bond donors (Lipinski definition) is 2. The lowest BCUT2D eigenvalue weighted by molar-refractivity contribution is -0.284. The second-order valence-electron chi connectivity index (χ2n) is 3.91. The highest BCUT2D eigenvalue weighted by atomic mass is 19.4. The zero-order valence-electron chi connectivity index (χ0n) is 9.30. The molecule has 0 aliphatic rings. The Morgan fingerprint density at radius 3 is 2.47 bits per heavy atom. The van der Waals surface area contributed by atoms with Crippen LogP contribution in [0.15, 0.2) is 12.3 Å². The summed E-state index contributed by atoms with van der Waals surface area (Å²) in [6, 6.07) is 1.46. The topological polar surface area (TPSA) is 61.8 Å². The van der Waals surface area contributed by atoms with E-state index in [4.69, 9.17) is 0 Å². The molecule has 9 heteroatoms. The average Bonchev–Trinajstić information content (AvgIpc) is 2.73. The average molecular weight is 281 g/mol. The number of halogens is 5. The second kappa shape index (κ2) is 4.32. The molecule has 0 aliphatic carbocycles. The van der Waals surface area contributed by atoms with Crippen molar-refractivity contribution in [3.63, 3.8) is 0 Å². The maximum atomic E-state index is 12.7. The van der Waals surface area contributed by atoms with Crippen LogP contribution in [0, 0.1) is 0 Å². The highest BCUT2D eigenvalue weighted by Gasteiger charge is 2.56. The summed E-state index contributed by atoms with van der Waals surface area (Å²) in [5, 5.41) is 9.72. The van der Waals surface area contributed by atoms with Crippen molar-refractivity contribution in [1.29, 1.82) is 0 Å². The van der Waals surface area contributed by atoms with Gasteiger partial charge in [0.15, 0.2) is 0 Å². The first kappa shape index (κ1) is 13.5. The fourth-order valence-electron chi connectivity index (χ4n) is 1.49. The van der Waals surface area contributed by atoms with Gasteiger partial charge in [-0.2, -0.15) is 26.9 Å². The van der Waals surface area contributed by atoms with Crippen molar-refractivity contribution in [3.8, 4) is 5.88 Å². The summed E-state index contributed by atoms with van der Waals surface area (Å²) < 4.78 is 61.4. The maximum absolute atomic E-state index is 12.7. The first-order chi connectivity index (χ1) is 8.71. The van der Waals surface area contributed by atoms with Crippen LogP contribution in [0.3, 0.4) is 0 Å². The van der Waals surface area contributed by atoms with Crippen LogP contribution in [0.2, 0.25) is 0 Å². The molecule has 0 unspecified atom stereocenters. The summed E-state index contributed by atoms with van der Waals surface area (Å²) in [5.74, 6) is -5.55. The third-order valence-electron chi connectivity index (χ3n) is 2.52. The van der Waals surface area contributed by atoms with Gasteiger partial charge >= 0.3 is 12.1 Å². The summed E-state index contributed by atoms with van der Waals surface area (Å²) in [6.45, 7) is 0. The van der Waals surface area contributed by atoms with E-state index >= 15 is 0 Å². The number of fused-ring (bicyclic) bond motifs is 1. The highest BCUT2D eigenvalue weighted by Crippen LogP contribution is 2.38. The van der Waals surface area contributed by atoms with Crippen molar-refractivity contribution in [2.75, 3.05) is 0 Å². The molecule has 0 atom stereocenters. The van der Waals surface area contributed by atoms with Crippen LogP contribution in [0.1, 0.15) is 12.2 Å². The molecule has 2 heterocycles. The van der Waals surface area contributed by atoms with Crippen LogP contribution in [0.5, 0.6) is 5.88 Å². The van der Waals surface area contributed by atoms with Gasteiger partial charge in [0.2, 0.25) is 5.88 Å². The molecule has 2 N–H and O–H groups in total.